The van der Waals surface area contributed by atoms with E-state index in [1.165, 1.54) is 24.4 Å². The number of nitrogens with zero attached hydrogens (tertiary/aromatic N) is 3. The fourth-order valence-electron chi connectivity index (χ4n) is 1.45. The number of aromatic nitrogens is 2. The molecule has 0 saturated carbocycles. The molecule has 0 unspecified atom stereocenters. The molecule has 1 N–H and O–H groups in total. The first-order valence-electron chi connectivity index (χ1n) is 5.45. The third kappa shape index (κ3) is 3.09. The average molecular weight is 291 g/mol. The fraction of sp³-hybridized carbons (Fsp3) is 0.0833. The van der Waals surface area contributed by atoms with E-state index in [0.717, 1.165) is 18.0 Å². The van der Waals surface area contributed by atoms with Crippen LogP contribution in [0.2, 0.25) is 0 Å². The molecular weight excluding hydrogens is 282 g/mol. The first-order chi connectivity index (χ1) is 9.47. The van der Waals surface area contributed by atoms with Gasteiger partial charge < -0.3 is 5.11 Å². The lowest BCUT2D eigenvalue weighted by atomic mass is 10.3. The zero-order valence-electron chi connectivity index (χ0n) is 10.3. The fourth-order valence-corrected chi connectivity index (χ4v) is 2.27. The van der Waals surface area contributed by atoms with Crippen LogP contribution in [0.4, 0.5) is 5.69 Å². The largest absolute Gasteiger partial charge is 0.478 e. The Morgan fingerprint density at radius 1 is 1.40 bits per heavy atom. The molecule has 2 aromatic rings. The van der Waals surface area contributed by atoms with Crippen molar-refractivity contribution >= 4 is 23.4 Å². The van der Waals surface area contributed by atoms with Crippen LogP contribution in [0.3, 0.4) is 0 Å². The molecule has 8 heteroatoms. The van der Waals surface area contributed by atoms with E-state index in [9.17, 15) is 14.9 Å². The second-order valence-electron chi connectivity index (χ2n) is 3.86. The van der Waals surface area contributed by atoms with Crippen molar-refractivity contribution in [2.75, 3.05) is 0 Å². The summed E-state index contributed by atoms with van der Waals surface area (Å²) in [5, 5.41) is 20.5. The van der Waals surface area contributed by atoms with E-state index in [4.69, 9.17) is 5.11 Å². The number of pyridine rings is 2. The van der Waals surface area contributed by atoms with Gasteiger partial charge in [0.1, 0.15) is 16.2 Å². The molecule has 0 fully saturated rings. The lowest BCUT2D eigenvalue weighted by Gasteiger charge is -2.04. The minimum atomic E-state index is -1.04. The van der Waals surface area contributed by atoms with Gasteiger partial charge in [0.15, 0.2) is 0 Å². The van der Waals surface area contributed by atoms with Crippen LogP contribution in [0.5, 0.6) is 0 Å². The van der Waals surface area contributed by atoms with Crippen LogP contribution in [0, 0.1) is 17.0 Å². The minimum absolute atomic E-state index is 0.0842. The van der Waals surface area contributed by atoms with Crippen molar-refractivity contribution in [3.63, 3.8) is 0 Å². The van der Waals surface area contributed by atoms with Gasteiger partial charge >= 0.3 is 5.97 Å². The van der Waals surface area contributed by atoms with Crippen LogP contribution >= 0.6 is 11.8 Å². The molecule has 2 heterocycles. The molecule has 0 aliphatic heterocycles. The van der Waals surface area contributed by atoms with Gasteiger partial charge in [-0.2, -0.15) is 0 Å². The number of hydrogen-bond donors (Lipinski definition) is 1. The Balaban J connectivity index is 2.28. The summed E-state index contributed by atoms with van der Waals surface area (Å²) in [5.41, 5.74) is 0.674. The Morgan fingerprint density at radius 3 is 2.75 bits per heavy atom. The van der Waals surface area contributed by atoms with Gasteiger partial charge in [-0.25, -0.2) is 14.8 Å². The van der Waals surface area contributed by atoms with E-state index in [2.05, 4.69) is 9.97 Å². The quantitative estimate of drug-likeness (QED) is 0.681. The normalized spacial score (nSPS) is 10.2. The van der Waals surface area contributed by atoms with Crippen LogP contribution in [0.25, 0.3) is 0 Å². The van der Waals surface area contributed by atoms with Crippen LogP contribution in [-0.2, 0) is 0 Å². The van der Waals surface area contributed by atoms with E-state index in [-0.39, 0.29) is 11.3 Å². The summed E-state index contributed by atoms with van der Waals surface area (Å²) in [6.45, 7) is 1.70. The highest BCUT2D eigenvalue weighted by atomic mass is 32.2. The highest BCUT2D eigenvalue weighted by Gasteiger charge is 2.12. The Morgan fingerprint density at radius 2 is 2.15 bits per heavy atom. The highest BCUT2D eigenvalue weighted by Crippen LogP contribution is 2.29. The standard InChI is InChI=1S/C12H9N3O4S/c1-7-4-9(15(18)19)6-14-11(7)20-10-5-8(12(16)17)2-3-13-10/h2-6H,1H3,(H,16,17). The summed E-state index contributed by atoms with van der Waals surface area (Å²) in [6, 6.07) is 4.23. The van der Waals surface area contributed by atoms with Gasteiger partial charge in [0.25, 0.3) is 5.69 Å². The lowest BCUT2D eigenvalue weighted by molar-refractivity contribution is -0.385. The van der Waals surface area contributed by atoms with Gasteiger partial charge in [0.2, 0.25) is 0 Å². The van der Waals surface area contributed by atoms with Gasteiger partial charge in [-0.1, -0.05) is 0 Å². The minimum Gasteiger partial charge on any atom is -0.478 e. The Labute approximate surface area is 117 Å². The summed E-state index contributed by atoms with van der Waals surface area (Å²) in [4.78, 5) is 29.0. The smallest absolute Gasteiger partial charge is 0.335 e. The number of carbonyl (C=O) groups is 1. The zero-order chi connectivity index (χ0) is 14.7. The first-order valence-corrected chi connectivity index (χ1v) is 6.27. The van der Waals surface area contributed by atoms with Crippen LogP contribution in [0.15, 0.2) is 40.6 Å². The number of carboxylic acid groups (broad SMARTS) is 1. The van der Waals surface area contributed by atoms with E-state index < -0.39 is 10.9 Å². The van der Waals surface area contributed by atoms with E-state index in [0.29, 0.717) is 15.6 Å². The molecular formula is C12H9N3O4S. The summed E-state index contributed by atoms with van der Waals surface area (Å²) in [6.07, 6.45) is 2.56. The molecule has 7 nitrogen and oxygen atoms in total. The Hall–Kier alpha value is -2.48. The van der Waals surface area contributed by atoms with Gasteiger partial charge in [-0.05, 0) is 36.4 Å². The molecule has 0 atom stereocenters. The van der Waals surface area contributed by atoms with Gasteiger partial charge in [-0.15, -0.1) is 0 Å². The molecule has 0 aliphatic carbocycles. The molecule has 0 bridgehead atoms. The van der Waals surface area contributed by atoms with Gasteiger partial charge in [0.05, 0.1) is 10.5 Å². The lowest BCUT2D eigenvalue weighted by Crippen LogP contribution is -1.97. The highest BCUT2D eigenvalue weighted by molar-refractivity contribution is 7.99. The number of nitro groups is 1. The summed E-state index contributed by atoms with van der Waals surface area (Å²) in [7, 11) is 0. The van der Waals surface area contributed by atoms with Crippen molar-refractivity contribution in [3.8, 4) is 0 Å². The number of rotatable bonds is 4. The third-order valence-corrected chi connectivity index (χ3v) is 3.46. The van der Waals surface area contributed by atoms with Crippen molar-refractivity contribution < 1.29 is 14.8 Å². The average Bonchev–Trinajstić information content (AvgIpc) is 2.41. The van der Waals surface area contributed by atoms with E-state index in [1.54, 1.807) is 6.92 Å². The predicted octanol–water partition coefficient (Wildman–Crippen LogP) is 2.54. The zero-order valence-corrected chi connectivity index (χ0v) is 11.1. The molecule has 0 saturated heterocycles. The monoisotopic (exact) mass is 291 g/mol. The molecule has 0 amide bonds. The van der Waals surface area contributed by atoms with Crippen molar-refractivity contribution in [1.82, 2.24) is 9.97 Å². The Kier molecular flexibility index (Phi) is 3.94. The molecule has 2 aromatic heterocycles. The van der Waals surface area contributed by atoms with Gasteiger partial charge in [-0.3, -0.25) is 10.1 Å². The van der Waals surface area contributed by atoms with Crippen LogP contribution in [0.1, 0.15) is 15.9 Å². The van der Waals surface area contributed by atoms with Crippen LogP contribution in [-0.4, -0.2) is 26.0 Å². The molecule has 0 aliphatic rings. The van der Waals surface area contributed by atoms with Gasteiger partial charge in [0, 0.05) is 12.3 Å². The van der Waals surface area contributed by atoms with Crippen molar-refractivity contribution in [1.29, 1.82) is 0 Å². The maximum atomic E-state index is 10.9. The molecule has 0 spiro atoms. The SMILES string of the molecule is Cc1cc([N+](=O)[O-])cnc1Sc1cc(C(=O)O)ccn1. The van der Waals surface area contributed by atoms with E-state index >= 15 is 0 Å². The first kappa shape index (κ1) is 13.9. The number of carboxylic acids is 1. The molecule has 2 rings (SSSR count). The summed E-state index contributed by atoms with van der Waals surface area (Å²) >= 11 is 1.16. The molecule has 102 valence electrons. The topological polar surface area (TPSA) is 106 Å². The number of aromatic carboxylic acids is 1. The molecule has 20 heavy (non-hydrogen) atoms. The van der Waals surface area contributed by atoms with Crippen molar-refractivity contribution in [2.45, 2.75) is 17.0 Å². The molecule has 0 aromatic carbocycles. The predicted molar refractivity (Wildman–Crippen MR) is 70.9 cm³/mol. The maximum Gasteiger partial charge on any atom is 0.335 e. The summed E-state index contributed by atoms with van der Waals surface area (Å²) in [5.74, 6) is -1.04. The number of aryl methyl sites for hydroxylation is 1. The summed E-state index contributed by atoms with van der Waals surface area (Å²) < 4.78 is 0. The maximum absolute atomic E-state index is 10.9. The second kappa shape index (κ2) is 5.66. The van der Waals surface area contributed by atoms with Crippen LogP contribution < -0.4 is 0 Å². The van der Waals surface area contributed by atoms with Crippen molar-refractivity contribution in [3.05, 3.63) is 51.8 Å². The van der Waals surface area contributed by atoms with Crippen molar-refractivity contribution in [2.24, 2.45) is 0 Å². The Bertz CT molecular complexity index is 690. The second-order valence-corrected chi connectivity index (χ2v) is 4.87. The van der Waals surface area contributed by atoms with E-state index in [1.807, 2.05) is 0 Å². The number of hydrogen-bond acceptors (Lipinski definition) is 6. The molecule has 0 radical (unpaired) electrons. The third-order valence-electron chi connectivity index (χ3n) is 2.41.